The summed E-state index contributed by atoms with van der Waals surface area (Å²) >= 11 is 3.41. The average molecular weight is 476 g/mol. The summed E-state index contributed by atoms with van der Waals surface area (Å²) in [6.45, 7) is 1.92. The van der Waals surface area contributed by atoms with Gasteiger partial charge in [0.2, 0.25) is 0 Å². The maximum Gasteiger partial charge on any atom is 0.287 e. The van der Waals surface area contributed by atoms with E-state index in [-0.39, 0.29) is 22.5 Å². The number of hydrogen-bond donors (Lipinski definition) is 1. The van der Waals surface area contributed by atoms with Crippen molar-refractivity contribution in [2.75, 3.05) is 0 Å². The molecule has 1 heterocycles. The van der Waals surface area contributed by atoms with Crippen molar-refractivity contribution in [3.05, 3.63) is 88.3 Å². The standard InChI is InChI=1S/C22H22BrNO4S/c1-16(7-8-17-9-11-19(23)12-10-17)24-22(25)21-18(13-14-28-21)15-29(26,27)20-5-3-2-4-6-20/h2-6,9-14,16H,7-8,15H2,1H3,(H,24,25). The zero-order valence-electron chi connectivity index (χ0n) is 16.0. The summed E-state index contributed by atoms with van der Waals surface area (Å²) in [5, 5.41) is 2.89. The predicted molar refractivity (Wildman–Crippen MR) is 115 cm³/mol. The maximum absolute atomic E-state index is 12.6. The average Bonchev–Trinajstić information content (AvgIpc) is 3.16. The molecule has 7 heteroatoms. The second-order valence-corrected chi connectivity index (χ2v) is 9.79. The lowest BCUT2D eigenvalue weighted by atomic mass is 10.1. The highest BCUT2D eigenvalue weighted by Gasteiger charge is 2.23. The minimum atomic E-state index is -3.56. The van der Waals surface area contributed by atoms with E-state index in [1.807, 2.05) is 31.2 Å². The molecule has 0 aliphatic rings. The minimum Gasteiger partial charge on any atom is -0.459 e. The number of benzene rings is 2. The largest absolute Gasteiger partial charge is 0.459 e. The summed E-state index contributed by atoms with van der Waals surface area (Å²) in [5.74, 6) is -0.652. The number of hydrogen-bond acceptors (Lipinski definition) is 4. The minimum absolute atomic E-state index is 0.0417. The van der Waals surface area contributed by atoms with Gasteiger partial charge in [0.1, 0.15) is 0 Å². The van der Waals surface area contributed by atoms with Gasteiger partial charge in [-0.2, -0.15) is 0 Å². The fourth-order valence-corrected chi connectivity index (χ4v) is 4.60. The van der Waals surface area contributed by atoms with Gasteiger partial charge in [-0.1, -0.05) is 46.3 Å². The van der Waals surface area contributed by atoms with Gasteiger partial charge in [-0.05, 0) is 55.7 Å². The van der Waals surface area contributed by atoms with Crippen LogP contribution in [0.3, 0.4) is 0 Å². The van der Waals surface area contributed by atoms with Gasteiger partial charge in [-0.25, -0.2) is 8.42 Å². The predicted octanol–water partition coefficient (Wildman–Crippen LogP) is 4.77. The van der Waals surface area contributed by atoms with E-state index in [0.29, 0.717) is 5.56 Å². The molecule has 0 aliphatic carbocycles. The van der Waals surface area contributed by atoms with Crippen molar-refractivity contribution in [2.24, 2.45) is 0 Å². The maximum atomic E-state index is 12.6. The molecule has 1 atom stereocenters. The monoisotopic (exact) mass is 475 g/mol. The number of carbonyl (C=O) groups is 1. The Morgan fingerprint density at radius 1 is 1.07 bits per heavy atom. The number of furan rings is 1. The fourth-order valence-electron chi connectivity index (χ4n) is 2.96. The number of aryl methyl sites for hydroxylation is 1. The van der Waals surface area contributed by atoms with Crippen LogP contribution in [0.25, 0.3) is 0 Å². The Bertz CT molecular complexity index is 1060. The van der Waals surface area contributed by atoms with Crippen molar-refractivity contribution in [3.8, 4) is 0 Å². The zero-order valence-corrected chi connectivity index (χ0v) is 18.4. The number of sulfone groups is 1. The van der Waals surface area contributed by atoms with Crippen molar-refractivity contribution in [3.63, 3.8) is 0 Å². The van der Waals surface area contributed by atoms with E-state index in [4.69, 9.17) is 4.42 Å². The summed E-state index contributed by atoms with van der Waals surface area (Å²) in [7, 11) is -3.56. The van der Waals surface area contributed by atoms with E-state index >= 15 is 0 Å². The van der Waals surface area contributed by atoms with Gasteiger partial charge in [0, 0.05) is 16.1 Å². The third kappa shape index (κ3) is 5.81. The van der Waals surface area contributed by atoms with Crippen LogP contribution in [-0.4, -0.2) is 20.4 Å². The van der Waals surface area contributed by atoms with Crippen LogP contribution in [0.1, 0.15) is 35.0 Å². The highest BCUT2D eigenvalue weighted by Crippen LogP contribution is 2.20. The molecule has 0 saturated heterocycles. The van der Waals surface area contributed by atoms with E-state index in [9.17, 15) is 13.2 Å². The molecular formula is C22H22BrNO4S. The molecule has 152 valence electrons. The number of rotatable bonds is 8. The van der Waals surface area contributed by atoms with Crippen LogP contribution in [0.15, 0.2) is 80.7 Å². The number of amides is 1. The molecule has 1 aromatic heterocycles. The number of carbonyl (C=O) groups excluding carboxylic acids is 1. The van der Waals surface area contributed by atoms with Gasteiger partial charge < -0.3 is 9.73 Å². The smallest absolute Gasteiger partial charge is 0.287 e. The molecule has 1 amide bonds. The molecule has 0 spiro atoms. The molecule has 0 aliphatic heterocycles. The van der Waals surface area contributed by atoms with Crippen molar-refractivity contribution in [1.82, 2.24) is 5.32 Å². The Balaban J connectivity index is 1.62. The molecule has 0 fully saturated rings. The van der Waals surface area contributed by atoms with Crippen molar-refractivity contribution in [1.29, 1.82) is 0 Å². The molecule has 3 aromatic rings. The first-order valence-electron chi connectivity index (χ1n) is 9.24. The molecule has 0 radical (unpaired) electrons. The quantitative estimate of drug-likeness (QED) is 0.509. The highest BCUT2D eigenvalue weighted by atomic mass is 79.9. The first-order valence-corrected chi connectivity index (χ1v) is 11.7. The van der Waals surface area contributed by atoms with Crippen LogP contribution in [0.5, 0.6) is 0 Å². The lowest BCUT2D eigenvalue weighted by molar-refractivity contribution is 0.0909. The van der Waals surface area contributed by atoms with Gasteiger partial charge >= 0.3 is 0 Å². The summed E-state index contributed by atoms with van der Waals surface area (Å²) in [4.78, 5) is 12.8. The number of halogens is 1. The normalized spacial score (nSPS) is 12.5. The topological polar surface area (TPSA) is 76.4 Å². The highest BCUT2D eigenvalue weighted by molar-refractivity contribution is 9.10. The Kier molecular flexibility index (Phi) is 6.92. The van der Waals surface area contributed by atoms with Crippen LogP contribution >= 0.6 is 15.9 Å². The SMILES string of the molecule is CC(CCc1ccc(Br)cc1)NC(=O)c1occc1CS(=O)(=O)c1ccccc1. The Morgan fingerprint density at radius 2 is 1.76 bits per heavy atom. The van der Waals surface area contributed by atoms with Crippen molar-refractivity contribution >= 4 is 31.7 Å². The van der Waals surface area contributed by atoms with Crippen molar-refractivity contribution in [2.45, 2.75) is 36.5 Å². The molecule has 0 bridgehead atoms. The van der Waals surface area contributed by atoms with Crippen LogP contribution in [0, 0.1) is 0 Å². The fraction of sp³-hybridized carbons (Fsp3) is 0.227. The summed E-state index contributed by atoms with van der Waals surface area (Å²) in [5.41, 5.74) is 1.54. The van der Waals surface area contributed by atoms with Crippen LogP contribution in [0.2, 0.25) is 0 Å². The Hall–Kier alpha value is -2.38. The molecule has 1 unspecified atom stereocenters. The molecule has 1 N–H and O–H groups in total. The molecular weight excluding hydrogens is 454 g/mol. The second kappa shape index (κ2) is 9.41. The van der Waals surface area contributed by atoms with E-state index < -0.39 is 15.7 Å². The zero-order chi connectivity index (χ0) is 20.9. The van der Waals surface area contributed by atoms with Gasteiger partial charge in [0.25, 0.3) is 5.91 Å². The van der Waals surface area contributed by atoms with Crippen LogP contribution in [-0.2, 0) is 22.0 Å². The summed E-state index contributed by atoms with van der Waals surface area (Å²) in [6.07, 6.45) is 2.92. The van der Waals surface area contributed by atoms with E-state index in [0.717, 1.165) is 17.3 Å². The van der Waals surface area contributed by atoms with Crippen LogP contribution in [0.4, 0.5) is 0 Å². The van der Waals surface area contributed by atoms with E-state index in [1.165, 1.54) is 17.9 Å². The van der Waals surface area contributed by atoms with Crippen molar-refractivity contribution < 1.29 is 17.6 Å². The lowest BCUT2D eigenvalue weighted by Crippen LogP contribution is -2.33. The summed E-state index contributed by atoms with van der Waals surface area (Å²) in [6, 6.07) is 17.7. The van der Waals surface area contributed by atoms with E-state index in [1.54, 1.807) is 30.3 Å². The van der Waals surface area contributed by atoms with Gasteiger partial charge in [-0.15, -0.1) is 0 Å². The molecule has 0 saturated carbocycles. The van der Waals surface area contributed by atoms with Gasteiger partial charge in [-0.3, -0.25) is 4.79 Å². The Labute approximate surface area is 179 Å². The summed E-state index contributed by atoms with van der Waals surface area (Å²) < 4.78 is 31.5. The Morgan fingerprint density at radius 3 is 2.45 bits per heavy atom. The van der Waals surface area contributed by atoms with Gasteiger partial charge in [0.15, 0.2) is 15.6 Å². The first kappa shape index (κ1) is 21.3. The molecule has 29 heavy (non-hydrogen) atoms. The third-order valence-corrected chi connectivity index (χ3v) is 6.77. The number of nitrogens with one attached hydrogen (secondary N) is 1. The lowest BCUT2D eigenvalue weighted by Gasteiger charge is -2.14. The first-order chi connectivity index (χ1) is 13.8. The second-order valence-electron chi connectivity index (χ2n) is 6.89. The van der Waals surface area contributed by atoms with Crippen LogP contribution < -0.4 is 5.32 Å². The molecule has 2 aromatic carbocycles. The third-order valence-electron chi connectivity index (χ3n) is 4.56. The van der Waals surface area contributed by atoms with E-state index in [2.05, 4.69) is 21.2 Å². The van der Waals surface area contributed by atoms with Gasteiger partial charge in [0.05, 0.1) is 16.9 Å². The molecule has 3 rings (SSSR count). The molecule has 5 nitrogen and oxygen atoms in total.